The van der Waals surface area contributed by atoms with Gasteiger partial charge in [0.05, 0.1) is 16.1 Å². The van der Waals surface area contributed by atoms with E-state index in [4.69, 9.17) is 23.2 Å². The molecule has 0 aliphatic heterocycles. The first kappa shape index (κ1) is 15.1. The number of nitrogens with one attached hydrogen (secondary N) is 1. The molecule has 4 heteroatoms. The van der Waals surface area contributed by atoms with E-state index in [-0.39, 0.29) is 11.9 Å². The van der Waals surface area contributed by atoms with Gasteiger partial charge >= 0.3 is 0 Å². The molecule has 2 aromatic rings. The first-order valence-electron chi connectivity index (χ1n) is 6.48. The zero-order valence-electron chi connectivity index (χ0n) is 11.4. The summed E-state index contributed by atoms with van der Waals surface area (Å²) in [7, 11) is 0. The zero-order chi connectivity index (χ0) is 14.7. The molecule has 0 bridgehead atoms. The van der Waals surface area contributed by atoms with Gasteiger partial charge in [-0.15, -0.1) is 0 Å². The lowest BCUT2D eigenvalue weighted by atomic mass is 10.0. The number of aryl methyl sites for hydroxylation is 1. The Morgan fingerprint density at radius 2 is 1.85 bits per heavy atom. The third kappa shape index (κ3) is 3.65. The molecule has 0 saturated carbocycles. The largest absolute Gasteiger partial charge is 0.378 e. The van der Waals surface area contributed by atoms with Gasteiger partial charge in [-0.3, -0.25) is 0 Å². The Balaban J connectivity index is 2.26. The minimum absolute atomic E-state index is 0.0611. The van der Waals surface area contributed by atoms with Crippen molar-refractivity contribution in [1.82, 2.24) is 0 Å². The van der Waals surface area contributed by atoms with Crippen LogP contribution in [-0.4, -0.2) is 0 Å². The van der Waals surface area contributed by atoms with E-state index in [2.05, 4.69) is 12.2 Å². The lowest BCUT2D eigenvalue weighted by Gasteiger charge is -2.19. The minimum Gasteiger partial charge on any atom is -0.378 e. The summed E-state index contributed by atoms with van der Waals surface area (Å²) < 4.78 is 13.4. The first-order chi connectivity index (χ1) is 9.49. The van der Waals surface area contributed by atoms with Crippen LogP contribution in [0.25, 0.3) is 0 Å². The van der Waals surface area contributed by atoms with Crippen molar-refractivity contribution < 1.29 is 4.39 Å². The fourth-order valence-corrected chi connectivity index (χ4v) is 2.48. The molecular weight excluding hydrogens is 296 g/mol. The van der Waals surface area contributed by atoms with E-state index in [1.807, 2.05) is 25.1 Å². The average Bonchev–Trinajstić information content (AvgIpc) is 2.38. The van der Waals surface area contributed by atoms with Crippen LogP contribution in [0.5, 0.6) is 0 Å². The molecule has 0 aliphatic rings. The maximum absolute atomic E-state index is 13.4. The van der Waals surface area contributed by atoms with Crippen LogP contribution in [0.2, 0.25) is 10.0 Å². The molecule has 0 amide bonds. The summed E-state index contributed by atoms with van der Waals surface area (Å²) >= 11 is 12.0. The fraction of sp³-hybridized carbons (Fsp3) is 0.250. The molecule has 0 aliphatic carbocycles. The number of hydrogen-bond acceptors (Lipinski definition) is 1. The van der Waals surface area contributed by atoms with Gasteiger partial charge < -0.3 is 5.32 Å². The molecule has 0 radical (unpaired) electrons. The second-order valence-corrected chi connectivity index (χ2v) is 5.61. The smallest absolute Gasteiger partial charge is 0.125 e. The fourth-order valence-electron chi connectivity index (χ4n) is 2.17. The lowest BCUT2D eigenvalue weighted by Crippen LogP contribution is -2.10. The van der Waals surface area contributed by atoms with Crippen molar-refractivity contribution in [1.29, 1.82) is 0 Å². The Morgan fingerprint density at radius 3 is 2.45 bits per heavy atom. The molecule has 0 saturated heterocycles. The molecule has 2 rings (SSSR count). The second-order valence-electron chi connectivity index (χ2n) is 4.80. The molecule has 0 aromatic heterocycles. The monoisotopic (exact) mass is 311 g/mol. The molecule has 20 heavy (non-hydrogen) atoms. The van der Waals surface area contributed by atoms with E-state index in [0.717, 1.165) is 23.2 Å². The van der Waals surface area contributed by atoms with Gasteiger partial charge in [0, 0.05) is 5.69 Å². The van der Waals surface area contributed by atoms with E-state index >= 15 is 0 Å². The van der Waals surface area contributed by atoms with Gasteiger partial charge in [-0.1, -0.05) is 36.2 Å². The predicted molar refractivity (Wildman–Crippen MR) is 84.3 cm³/mol. The molecule has 0 spiro atoms. The van der Waals surface area contributed by atoms with Gasteiger partial charge in [0.1, 0.15) is 5.82 Å². The highest BCUT2D eigenvalue weighted by Gasteiger charge is 2.11. The lowest BCUT2D eigenvalue weighted by molar-refractivity contribution is 0.626. The topological polar surface area (TPSA) is 12.0 Å². The van der Waals surface area contributed by atoms with Crippen LogP contribution in [0.15, 0.2) is 36.4 Å². The van der Waals surface area contributed by atoms with Crippen LogP contribution in [-0.2, 0) is 0 Å². The SMILES string of the molecule is CCC(Nc1cc(C)cc(F)c1)c1ccc(Cl)c(Cl)c1. The molecule has 1 nitrogen and oxygen atoms in total. The third-order valence-corrected chi connectivity index (χ3v) is 3.88. The summed E-state index contributed by atoms with van der Waals surface area (Å²) in [5.74, 6) is -0.239. The summed E-state index contributed by atoms with van der Waals surface area (Å²) in [6, 6.07) is 10.5. The Hall–Kier alpha value is -1.25. The summed E-state index contributed by atoms with van der Waals surface area (Å²) in [4.78, 5) is 0. The number of anilines is 1. The van der Waals surface area contributed by atoms with Gasteiger partial charge in [0.2, 0.25) is 0 Å². The van der Waals surface area contributed by atoms with Gasteiger partial charge in [-0.2, -0.15) is 0 Å². The maximum atomic E-state index is 13.4. The molecule has 1 unspecified atom stereocenters. The molecule has 106 valence electrons. The quantitative estimate of drug-likeness (QED) is 0.729. The van der Waals surface area contributed by atoms with Crippen molar-refractivity contribution >= 4 is 28.9 Å². The Kier molecular flexibility index (Phi) is 4.90. The standard InChI is InChI=1S/C16H16Cl2FN/c1-3-16(11-4-5-14(17)15(18)8-11)20-13-7-10(2)6-12(19)9-13/h4-9,16,20H,3H2,1-2H3. The zero-order valence-corrected chi connectivity index (χ0v) is 12.9. The summed E-state index contributed by atoms with van der Waals surface area (Å²) in [5.41, 5.74) is 2.68. The number of rotatable bonds is 4. The summed E-state index contributed by atoms with van der Waals surface area (Å²) in [6.07, 6.45) is 0.855. The van der Waals surface area contributed by atoms with E-state index in [1.54, 1.807) is 6.07 Å². The van der Waals surface area contributed by atoms with E-state index in [0.29, 0.717) is 10.0 Å². The highest BCUT2D eigenvalue weighted by Crippen LogP contribution is 2.29. The first-order valence-corrected chi connectivity index (χ1v) is 7.24. The molecule has 0 fully saturated rings. The van der Waals surface area contributed by atoms with Crippen LogP contribution >= 0.6 is 23.2 Å². The Labute approximate surface area is 128 Å². The van der Waals surface area contributed by atoms with Crippen molar-refractivity contribution in [2.45, 2.75) is 26.3 Å². The minimum atomic E-state index is -0.239. The van der Waals surface area contributed by atoms with Crippen LogP contribution < -0.4 is 5.32 Å². The molecule has 2 aromatic carbocycles. The maximum Gasteiger partial charge on any atom is 0.125 e. The number of benzene rings is 2. The van der Waals surface area contributed by atoms with Gasteiger partial charge in [0.25, 0.3) is 0 Å². The Morgan fingerprint density at radius 1 is 1.10 bits per heavy atom. The van der Waals surface area contributed by atoms with Crippen LogP contribution in [0, 0.1) is 12.7 Å². The van der Waals surface area contributed by atoms with Crippen molar-refractivity contribution in [3.63, 3.8) is 0 Å². The van der Waals surface area contributed by atoms with E-state index in [9.17, 15) is 4.39 Å². The van der Waals surface area contributed by atoms with Crippen molar-refractivity contribution in [3.05, 3.63) is 63.4 Å². The highest BCUT2D eigenvalue weighted by molar-refractivity contribution is 6.42. The molecular formula is C16H16Cl2FN. The summed E-state index contributed by atoms with van der Waals surface area (Å²) in [5, 5.41) is 4.39. The van der Waals surface area contributed by atoms with Crippen LogP contribution in [0.3, 0.4) is 0 Å². The van der Waals surface area contributed by atoms with Crippen molar-refractivity contribution in [3.8, 4) is 0 Å². The van der Waals surface area contributed by atoms with Crippen molar-refractivity contribution in [2.24, 2.45) is 0 Å². The number of hydrogen-bond donors (Lipinski definition) is 1. The van der Waals surface area contributed by atoms with Crippen molar-refractivity contribution in [2.75, 3.05) is 5.32 Å². The molecule has 1 N–H and O–H groups in total. The normalized spacial score (nSPS) is 12.2. The molecule has 0 heterocycles. The van der Waals surface area contributed by atoms with E-state index in [1.165, 1.54) is 12.1 Å². The molecule has 1 atom stereocenters. The van der Waals surface area contributed by atoms with Crippen LogP contribution in [0.4, 0.5) is 10.1 Å². The summed E-state index contributed by atoms with van der Waals surface area (Å²) in [6.45, 7) is 3.93. The number of halogens is 3. The highest BCUT2D eigenvalue weighted by atomic mass is 35.5. The van der Waals surface area contributed by atoms with E-state index < -0.39 is 0 Å². The second kappa shape index (κ2) is 6.47. The van der Waals surface area contributed by atoms with Gasteiger partial charge in [0.15, 0.2) is 0 Å². The van der Waals surface area contributed by atoms with Gasteiger partial charge in [-0.05, 0) is 54.8 Å². The Bertz CT molecular complexity index is 593. The van der Waals surface area contributed by atoms with Gasteiger partial charge in [-0.25, -0.2) is 4.39 Å². The average molecular weight is 312 g/mol. The third-order valence-electron chi connectivity index (χ3n) is 3.14. The van der Waals surface area contributed by atoms with Crippen LogP contribution in [0.1, 0.15) is 30.5 Å². The predicted octanol–water partition coefficient (Wildman–Crippen LogP) is 6.00.